The van der Waals surface area contributed by atoms with Crippen LogP contribution in [0.25, 0.3) is 0 Å². The van der Waals surface area contributed by atoms with Crippen molar-refractivity contribution in [2.24, 2.45) is 0 Å². The first-order chi connectivity index (χ1) is 20.7. The summed E-state index contributed by atoms with van der Waals surface area (Å²) in [6.07, 6.45) is 2.50. The molecule has 0 radical (unpaired) electrons. The monoisotopic (exact) mass is 589 g/mol. The van der Waals surface area contributed by atoms with E-state index in [1.807, 2.05) is 6.92 Å². The van der Waals surface area contributed by atoms with Gasteiger partial charge in [0.15, 0.2) is 0 Å². The van der Waals surface area contributed by atoms with E-state index >= 15 is 0 Å². The van der Waals surface area contributed by atoms with Crippen LogP contribution in [-0.4, -0.2) is 43.8 Å². The van der Waals surface area contributed by atoms with E-state index in [4.69, 9.17) is 23.7 Å². The molecular weight excluding hydrogens is 554 g/mol. The van der Waals surface area contributed by atoms with Crippen molar-refractivity contribution < 1.29 is 42.9 Å². The second-order valence-electron chi connectivity index (χ2n) is 9.44. The molecule has 0 fully saturated rings. The Morgan fingerprint density at radius 2 is 1.14 bits per heavy atom. The maximum atomic E-state index is 12.5. The number of benzene rings is 3. The predicted octanol–water partition coefficient (Wildman–Crippen LogP) is 6.75. The maximum Gasteiger partial charge on any atom is 0.411 e. The van der Waals surface area contributed by atoms with E-state index in [1.165, 1.54) is 36.4 Å². The second-order valence-corrected chi connectivity index (χ2v) is 9.44. The highest BCUT2D eigenvalue weighted by molar-refractivity contribution is 5.93. The molecule has 0 aliphatic carbocycles. The number of unbranched alkanes of at least 4 members (excludes halogenated alkanes) is 2. The molecule has 0 aliphatic rings. The molecule has 0 atom stereocenters. The Morgan fingerprint density at radius 3 is 1.67 bits per heavy atom. The highest BCUT2D eigenvalue weighted by Crippen LogP contribution is 2.21. The molecule has 0 heterocycles. The van der Waals surface area contributed by atoms with Crippen LogP contribution in [0.1, 0.15) is 60.2 Å². The van der Waals surface area contributed by atoms with E-state index in [9.17, 15) is 19.2 Å². The lowest BCUT2D eigenvalue weighted by molar-refractivity contribution is -0.139. The summed E-state index contributed by atoms with van der Waals surface area (Å²) in [6, 6.07) is 18.8. The molecule has 3 aromatic rings. The maximum absolute atomic E-state index is 12.5. The van der Waals surface area contributed by atoms with Crippen LogP contribution in [0.15, 0.2) is 84.9 Å². The predicted molar refractivity (Wildman–Crippen MR) is 160 cm³/mol. The molecule has 0 aliphatic heterocycles. The van der Waals surface area contributed by atoms with Crippen LogP contribution in [0.2, 0.25) is 0 Å². The molecule has 1 N–H and O–H groups in total. The van der Waals surface area contributed by atoms with E-state index in [2.05, 4.69) is 11.9 Å². The van der Waals surface area contributed by atoms with Crippen LogP contribution in [0.4, 0.5) is 10.5 Å². The second kappa shape index (κ2) is 17.0. The number of ether oxygens (including phenoxy) is 5. The molecule has 1 amide bonds. The molecule has 0 aromatic heterocycles. The third-order valence-electron chi connectivity index (χ3n) is 5.82. The number of nitrogens with one attached hydrogen (secondary N) is 1. The Hall–Kier alpha value is -5.12. The number of amides is 1. The van der Waals surface area contributed by atoms with E-state index in [1.54, 1.807) is 43.3 Å². The summed E-state index contributed by atoms with van der Waals surface area (Å²) in [7, 11) is 0. The lowest BCUT2D eigenvalue weighted by atomic mass is 10.2. The van der Waals surface area contributed by atoms with Crippen molar-refractivity contribution in [3.63, 3.8) is 0 Å². The van der Waals surface area contributed by atoms with Gasteiger partial charge in [-0.1, -0.05) is 19.9 Å². The third kappa shape index (κ3) is 11.3. The van der Waals surface area contributed by atoms with Gasteiger partial charge in [-0.2, -0.15) is 0 Å². The van der Waals surface area contributed by atoms with Crippen LogP contribution in [0, 0.1) is 0 Å². The van der Waals surface area contributed by atoms with Crippen LogP contribution in [0.5, 0.6) is 17.2 Å². The minimum Gasteiger partial charge on any atom is -0.494 e. The van der Waals surface area contributed by atoms with Crippen molar-refractivity contribution >= 4 is 29.7 Å². The van der Waals surface area contributed by atoms with Crippen molar-refractivity contribution in [1.29, 1.82) is 0 Å². The minimum atomic E-state index is -0.588. The molecule has 0 bridgehead atoms. The summed E-state index contributed by atoms with van der Waals surface area (Å²) in [6.45, 7) is 8.21. The average molecular weight is 590 g/mol. The SMILES string of the molecule is C=C(C)C(=O)OCCCCOc1ccc(C(=O)Oc2ccc(OC(=O)c3ccc(NC(=O)OCCCC)cc3)cc2)cc1. The minimum absolute atomic E-state index is 0.266. The standard InChI is InChI=1S/C33H35NO9/c1-4-5-20-41-33(38)34-26-12-8-24(9-13-26)31(36)42-28-16-18-29(19-17-28)43-32(37)25-10-14-27(15-11-25)39-21-6-7-22-40-30(35)23(2)3/h8-19H,2,4-7,20-22H2,1,3H3,(H,34,38). The molecule has 3 rings (SSSR count). The van der Waals surface area contributed by atoms with Gasteiger partial charge < -0.3 is 23.7 Å². The lowest BCUT2D eigenvalue weighted by Gasteiger charge is -2.09. The third-order valence-corrected chi connectivity index (χ3v) is 5.82. The van der Waals surface area contributed by atoms with Gasteiger partial charge in [0.25, 0.3) is 0 Å². The normalized spacial score (nSPS) is 10.3. The highest BCUT2D eigenvalue weighted by Gasteiger charge is 2.12. The molecule has 0 unspecified atom stereocenters. The van der Waals surface area contributed by atoms with Crippen molar-refractivity contribution in [1.82, 2.24) is 0 Å². The fourth-order valence-electron chi connectivity index (χ4n) is 3.43. The lowest BCUT2D eigenvalue weighted by Crippen LogP contribution is -2.14. The number of carbonyl (C=O) groups is 4. The zero-order chi connectivity index (χ0) is 31.0. The molecular formula is C33H35NO9. The summed E-state index contributed by atoms with van der Waals surface area (Å²) >= 11 is 0. The van der Waals surface area contributed by atoms with E-state index < -0.39 is 24.0 Å². The Labute approximate surface area is 250 Å². The average Bonchev–Trinajstić information content (AvgIpc) is 3.00. The first kappa shape index (κ1) is 32.4. The van der Waals surface area contributed by atoms with Gasteiger partial charge in [0, 0.05) is 11.3 Å². The molecule has 3 aromatic carbocycles. The van der Waals surface area contributed by atoms with Gasteiger partial charge in [0.05, 0.1) is 30.9 Å². The van der Waals surface area contributed by atoms with Crippen LogP contribution < -0.4 is 19.5 Å². The Morgan fingerprint density at radius 1 is 0.651 bits per heavy atom. The van der Waals surface area contributed by atoms with Gasteiger partial charge in [-0.3, -0.25) is 5.32 Å². The van der Waals surface area contributed by atoms with Crippen molar-refractivity contribution in [3.8, 4) is 17.2 Å². The quantitative estimate of drug-likeness (QED) is 0.0886. The Bertz CT molecular complexity index is 1380. The molecule has 226 valence electrons. The number of carbonyl (C=O) groups excluding carboxylic acids is 4. The van der Waals surface area contributed by atoms with E-state index in [0.29, 0.717) is 55.2 Å². The fourth-order valence-corrected chi connectivity index (χ4v) is 3.43. The first-order valence-corrected chi connectivity index (χ1v) is 13.9. The van der Waals surface area contributed by atoms with Crippen molar-refractivity contribution in [2.75, 3.05) is 25.1 Å². The van der Waals surface area contributed by atoms with Crippen molar-refractivity contribution in [3.05, 3.63) is 96.1 Å². The largest absolute Gasteiger partial charge is 0.494 e. The summed E-state index contributed by atoms with van der Waals surface area (Å²) in [5.74, 6) is -0.411. The summed E-state index contributed by atoms with van der Waals surface area (Å²) in [5.41, 5.74) is 1.48. The Balaban J connectivity index is 1.41. The van der Waals surface area contributed by atoms with Gasteiger partial charge >= 0.3 is 24.0 Å². The molecule has 0 saturated carbocycles. The zero-order valence-corrected chi connectivity index (χ0v) is 24.3. The summed E-state index contributed by atoms with van der Waals surface area (Å²) in [4.78, 5) is 48.1. The van der Waals surface area contributed by atoms with E-state index in [0.717, 1.165) is 12.8 Å². The van der Waals surface area contributed by atoms with Gasteiger partial charge in [-0.15, -0.1) is 0 Å². The van der Waals surface area contributed by atoms with Crippen LogP contribution in [-0.2, 0) is 14.3 Å². The first-order valence-electron chi connectivity index (χ1n) is 13.9. The smallest absolute Gasteiger partial charge is 0.411 e. The molecule has 10 heteroatoms. The van der Waals surface area contributed by atoms with Gasteiger partial charge in [-0.05, 0) is 99.0 Å². The van der Waals surface area contributed by atoms with E-state index in [-0.39, 0.29) is 17.1 Å². The number of hydrogen-bond donors (Lipinski definition) is 1. The van der Waals surface area contributed by atoms with Crippen LogP contribution in [0.3, 0.4) is 0 Å². The topological polar surface area (TPSA) is 126 Å². The zero-order valence-electron chi connectivity index (χ0n) is 24.3. The van der Waals surface area contributed by atoms with Gasteiger partial charge in [0.2, 0.25) is 0 Å². The summed E-state index contributed by atoms with van der Waals surface area (Å²) in [5, 5.41) is 2.60. The highest BCUT2D eigenvalue weighted by atomic mass is 16.6. The number of esters is 3. The number of hydrogen-bond acceptors (Lipinski definition) is 9. The molecule has 43 heavy (non-hydrogen) atoms. The molecule has 0 spiro atoms. The van der Waals surface area contributed by atoms with Gasteiger partial charge in [-0.25, -0.2) is 19.2 Å². The van der Waals surface area contributed by atoms with Gasteiger partial charge in [0.1, 0.15) is 17.2 Å². The van der Waals surface area contributed by atoms with Crippen LogP contribution >= 0.6 is 0 Å². The fraction of sp³-hybridized carbons (Fsp3) is 0.273. The summed E-state index contributed by atoms with van der Waals surface area (Å²) < 4.78 is 26.5. The number of anilines is 1. The molecule has 0 saturated heterocycles. The molecule has 10 nitrogen and oxygen atoms in total. The Kier molecular flexibility index (Phi) is 12.8. The number of rotatable bonds is 15. The van der Waals surface area contributed by atoms with Crippen molar-refractivity contribution in [2.45, 2.75) is 39.5 Å².